The molecule has 56 valence electrons. The molecule has 3 heteroatoms. The molecule has 0 spiro atoms. The Bertz CT molecular complexity index is 250. The van der Waals surface area contributed by atoms with Gasteiger partial charge in [-0.2, -0.15) is 5.26 Å². The summed E-state index contributed by atoms with van der Waals surface area (Å²) in [7, 11) is 1.75. The number of rotatable bonds is 2. The quantitative estimate of drug-likeness (QED) is 0.675. The van der Waals surface area contributed by atoms with E-state index in [-0.39, 0.29) is 6.04 Å². The van der Waals surface area contributed by atoms with Gasteiger partial charge in [0.1, 0.15) is 6.04 Å². The SMILES string of the molecule is CNC(C#N)c1cccnc1. The molecule has 1 N–H and O–H groups in total. The van der Waals surface area contributed by atoms with Gasteiger partial charge in [-0.15, -0.1) is 0 Å². The third-order valence-corrected chi connectivity index (χ3v) is 1.44. The van der Waals surface area contributed by atoms with Crippen LogP contribution in [-0.2, 0) is 0 Å². The normalized spacial score (nSPS) is 12.0. The summed E-state index contributed by atoms with van der Waals surface area (Å²) in [6, 6.07) is 5.56. The molecular formula is C8H9N3. The van der Waals surface area contributed by atoms with Crippen molar-refractivity contribution in [3.63, 3.8) is 0 Å². The average Bonchev–Trinajstić information content (AvgIpc) is 2.09. The van der Waals surface area contributed by atoms with Gasteiger partial charge >= 0.3 is 0 Å². The fraction of sp³-hybridized carbons (Fsp3) is 0.250. The monoisotopic (exact) mass is 147 g/mol. The number of nitrogens with zero attached hydrogens (tertiary/aromatic N) is 2. The van der Waals surface area contributed by atoms with E-state index < -0.39 is 0 Å². The summed E-state index contributed by atoms with van der Waals surface area (Å²) >= 11 is 0. The van der Waals surface area contributed by atoms with Gasteiger partial charge in [-0.05, 0) is 13.1 Å². The minimum atomic E-state index is -0.247. The van der Waals surface area contributed by atoms with E-state index in [1.54, 1.807) is 19.4 Å². The molecule has 11 heavy (non-hydrogen) atoms. The van der Waals surface area contributed by atoms with Crippen LogP contribution in [0.15, 0.2) is 24.5 Å². The highest BCUT2D eigenvalue weighted by atomic mass is 14.9. The zero-order valence-corrected chi connectivity index (χ0v) is 6.28. The lowest BCUT2D eigenvalue weighted by molar-refractivity contribution is 0.724. The highest BCUT2D eigenvalue weighted by molar-refractivity contribution is 5.19. The van der Waals surface area contributed by atoms with E-state index in [0.29, 0.717) is 0 Å². The Hall–Kier alpha value is -1.40. The minimum Gasteiger partial charge on any atom is -0.301 e. The Balaban J connectivity index is 2.85. The van der Waals surface area contributed by atoms with Crippen LogP contribution in [0.3, 0.4) is 0 Å². The maximum absolute atomic E-state index is 8.64. The fourth-order valence-electron chi connectivity index (χ4n) is 0.852. The second-order valence-electron chi connectivity index (χ2n) is 2.14. The number of pyridine rings is 1. The second-order valence-corrected chi connectivity index (χ2v) is 2.14. The Morgan fingerprint density at radius 1 is 1.73 bits per heavy atom. The van der Waals surface area contributed by atoms with E-state index in [1.807, 2.05) is 12.1 Å². The summed E-state index contributed by atoms with van der Waals surface area (Å²) in [6.45, 7) is 0. The molecule has 1 atom stereocenters. The number of nitrogens with one attached hydrogen (secondary N) is 1. The van der Waals surface area contributed by atoms with Crippen LogP contribution in [0.4, 0.5) is 0 Å². The van der Waals surface area contributed by atoms with Crippen molar-refractivity contribution in [3.05, 3.63) is 30.1 Å². The molecule has 0 aliphatic carbocycles. The molecule has 0 aromatic carbocycles. The lowest BCUT2D eigenvalue weighted by Gasteiger charge is -2.05. The Morgan fingerprint density at radius 2 is 2.55 bits per heavy atom. The zero-order chi connectivity index (χ0) is 8.10. The molecule has 0 fully saturated rings. The Morgan fingerprint density at radius 3 is 3.00 bits per heavy atom. The van der Waals surface area contributed by atoms with Crippen molar-refractivity contribution >= 4 is 0 Å². The summed E-state index contributed by atoms with van der Waals surface area (Å²) in [5.74, 6) is 0. The Labute approximate surface area is 65.7 Å². The molecule has 0 radical (unpaired) electrons. The summed E-state index contributed by atoms with van der Waals surface area (Å²) in [4.78, 5) is 3.91. The van der Waals surface area contributed by atoms with Crippen LogP contribution < -0.4 is 5.32 Å². The van der Waals surface area contributed by atoms with Crippen molar-refractivity contribution in [1.82, 2.24) is 10.3 Å². The molecule has 1 unspecified atom stereocenters. The average molecular weight is 147 g/mol. The van der Waals surface area contributed by atoms with E-state index in [9.17, 15) is 0 Å². The van der Waals surface area contributed by atoms with Crippen LogP contribution in [0.5, 0.6) is 0 Å². The van der Waals surface area contributed by atoms with Gasteiger partial charge < -0.3 is 5.32 Å². The molecule has 3 nitrogen and oxygen atoms in total. The predicted molar refractivity (Wildman–Crippen MR) is 41.7 cm³/mol. The van der Waals surface area contributed by atoms with E-state index >= 15 is 0 Å². The molecule has 0 saturated heterocycles. The molecular weight excluding hydrogens is 138 g/mol. The number of hydrogen-bond acceptors (Lipinski definition) is 3. The smallest absolute Gasteiger partial charge is 0.122 e. The predicted octanol–water partition coefficient (Wildman–Crippen LogP) is 0.866. The van der Waals surface area contributed by atoms with Crippen LogP contribution in [0.25, 0.3) is 0 Å². The van der Waals surface area contributed by atoms with Crippen molar-refractivity contribution in [2.45, 2.75) is 6.04 Å². The first kappa shape index (κ1) is 7.70. The van der Waals surface area contributed by atoms with Gasteiger partial charge in [-0.3, -0.25) is 4.98 Å². The summed E-state index contributed by atoms with van der Waals surface area (Å²) in [5.41, 5.74) is 0.900. The Kier molecular flexibility index (Phi) is 2.59. The summed E-state index contributed by atoms with van der Waals surface area (Å²) in [5, 5.41) is 11.5. The standard InChI is InChI=1S/C8H9N3/c1-10-8(5-9)7-3-2-4-11-6-7/h2-4,6,8,10H,1H3. The van der Waals surface area contributed by atoms with Gasteiger partial charge in [0.2, 0.25) is 0 Å². The van der Waals surface area contributed by atoms with Gasteiger partial charge in [0, 0.05) is 18.0 Å². The van der Waals surface area contributed by atoms with Crippen LogP contribution in [0, 0.1) is 11.3 Å². The lowest BCUT2D eigenvalue weighted by atomic mass is 10.1. The molecule has 1 heterocycles. The topological polar surface area (TPSA) is 48.7 Å². The van der Waals surface area contributed by atoms with E-state index in [1.165, 1.54) is 0 Å². The molecule has 0 aliphatic rings. The fourth-order valence-corrected chi connectivity index (χ4v) is 0.852. The minimum absolute atomic E-state index is 0.247. The van der Waals surface area contributed by atoms with Gasteiger partial charge in [0.15, 0.2) is 0 Å². The maximum atomic E-state index is 8.64. The summed E-state index contributed by atoms with van der Waals surface area (Å²) < 4.78 is 0. The van der Waals surface area contributed by atoms with Gasteiger partial charge in [0.05, 0.1) is 6.07 Å². The third kappa shape index (κ3) is 1.76. The largest absolute Gasteiger partial charge is 0.301 e. The molecule has 1 aromatic heterocycles. The molecule has 1 rings (SSSR count). The third-order valence-electron chi connectivity index (χ3n) is 1.44. The first-order valence-electron chi connectivity index (χ1n) is 3.35. The van der Waals surface area contributed by atoms with Crippen molar-refractivity contribution in [1.29, 1.82) is 5.26 Å². The molecule has 0 aliphatic heterocycles. The summed E-state index contributed by atoms with van der Waals surface area (Å²) in [6.07, 6.45) is 3.37. The van der Waals surface area contributed by atoms with E-state index in [2.05, 4.69) is 16.4 Å². The van der Waals surface area contributed by atoms with E-state index in [0.717, 1.165) is 5.56 Å². The molecule has 1 aromatic rings. The van der Waals surface area contributed by atoms with E-state index in [4.69, 9.17) is 5.26 Å². The van der Waals surface area contributed by atoms with Crippen molar-refractivity contribution in [2.24, 2.45) is 0 Å². The highest BCUT2D eigenvalue weighted by Crippen LogP contribution is 2.07. The van der Waals surface area contributed by atoms with Crippen LogP contribution in [-0.4, -0.2) is 12.0 Å². The first-order chi connectivity index (χ1) is 5.38. The zero-order valence-electron chi connectivity index (χ0n) is 6.28. The van der Waals surface area contributed by atoms with Gasteiger partial charge in [0.25, 0.3) is 0 Å². The second kappa shape index (κ2) is 3.69. The van der Waals surface area contributed by atoms with Gasteiger partial charge in [-0.1, -0.05) is 6.07 Å². The van der Waals surface area contributed by atoms with Crippen molar-refractivity contribution < 1.29 is 0 Å². The lowest BCUT2D eigenvalue weighted by Crippen LogP contribution is -2.13. The number of aromatic nitrogens is 1. The van der Waals surface area contributed by atoms with Crippen LogP contribution in [0.1, 0.15) is 11.6 Å². The van der Waals surface area contributed by atoms with Gasteiger partial charge in [-0.25, -0.2) is 0 Å². The number of hydrogen-bond donors (Lipinski definition) is 1. The maximum Gasteiger partial charge on any atom is 0.122 e. The molecule has 0 amide bonds. The first-order valence-corrected chi connectivity index (χ1v) is 3.35. The molecule has 0 bridgehead atoms. The van der Waals surface area contributed by atoms with Crippen molar-refractivity contribution in [3.8, 4) is 6.07 Å². The highest BCUT2D eigenvalue weighted by Gasteiger charge is 2.05. The number of nitriles is 1. The molecule has 0 saturated carbocycles. The van der Waals surface area contributed by atoms with Crippen molar-refractivity contribution in [2.75, 3.05) is 7.05 Å². The van der Waals surface area contributed by atoms with Crippen LogP contribution in [0.2, 0.25) is 0 Å². The van der Waals surface area contributed by atoms with Crippen LogP contribution >= 0.6 is 0 Å².